The van der Waals surface area contributed by atoms with Crippen molar-refractivity contribution < 1.29 is 19.1 Å². The number of hydrogen-bond donors (Lipinski definition) is 0. The van der Waals surface area contributed by atoms with E-state index in [9.17, 15) is 19.6 Å². The second kappa shape index (κ2) is 12.1. The highest BCUT2D eigenvalue weighted by atomic mass is 127. The minimum Gasteiger partial charge on any atom is -0.487 e. The number of hydrogen-bond acceptors (Lipinski definition) is 6. The number of nitriles is 1. The summed E-state index contributed by atoms with van der Waals surface area (Å²) >= 11 is 5.18. The van der Waals surface area contributed by atoms with E-state index < -0.39 is 11.1 Å². The van der Waals surface area contributed by atoms with Crippen molar-refractivity contribution in [2.24, 2.45) is 0 Å². The maximum absolute atomic E-state index is 13.2. The van der Waals surface area contributed by atoms with Crippen LogP contribution < -0.4 is 4.74 Å². The van der Waals surface area contributed by atoms with Crippen molar-refractivity contribution in [3.8, 4) is 11.8 Å². The van der Waals surface area contributed by atoms with Gasteiger partial charge in [-0.1, -0.05) is 42.5 Å². The van der Waals surface area contributed by atoms with Crippen LogP contribution in [0.3, 0.4) is 0 Å². The molecule has 2 aliphatic heterocycles. The molecule has 0 radical (unpaired) electrons. The van der Waals surface area contributed by atoms with Gasteiger partial charge in [0.1, 0.15) is 18.9 Å². The van der Waals surface area contributed by atoms with Crippen LogP contribution in [0.2, 0.25) is 0 Å². The van der Waals surface area contributed by atoms with Crippen molar-refractivity contribution in [1.82, 2.24) is 9.80 Å². The topological polar surface area (TPSA) is 90.7 Å². The Morgan fingerprint density at radius 1 is 1.08 bits per heavy atom. The summed E-state index contributed by atoms with van der Waals surface area (Å²) in [6, 6.07) is 21.2. The van der Waals surface area contributed by atoms with Gasteiger partial charge < -0.3 is 9.64 Å². The first-order valence-electron chi connectivity index (χ1n) is 12.0. The number of fused-ring (bicyclic) bond motifs is 1. The number of amides is 3. The zero-order chi connectivity index (χ0) is 27.5. The van der Waals surface area contributed by atoms with Gasteiger partial charge in [0.15, 0.2) is 0 Å². The van der Waals surface area contributed by atoms with E-state index in [1.54, 1.807) is 23.1 Å². The molecular weight excluding hydrogens is 740 g/mol. The molecule has 5 rings (SSSR count). The zero-order valence-electron chi connectivity index (χ0n) is 20.5. The van der Waals surface area contributed by atoms with Crippen LogP contribution >= 0.6 is 56.9 Å². The molecule has 0 atom stereocenters. The lowest BCUT2D eigenvalue weighted by molar-refractivity contribution is -0.136. The van der Waals surface area contributed by atoms with Gasteiger partial charge in [0, 0.05) is 27.8 Å². The van der Waals surface area contributed by atoms with Crippen molar-refractivity contribution in [3.05, 3.63) is 101 Å². The maximum Gasteiger partial charge on any atom is 0.294 e. The third-order valence-electron chi connectivity index (χ3n) is 6.48. The van der Waals surface area contributed by atoms with Gasteiger partial charge >= 0.3 is 0 Å². The average molecular weight is 761 g/mol. The molecule has 1 saturated heterocycles. The van der Waals surface area contributed by atoms with Crippen LogP contribution in [0.5, 0.6) is 5.75 Å². The molecule has 2 heterocycles. The minimum atomic E-state index is -0.495. The number of benzene rings is 3. The number of halogens is 2. The first-order valence-corrected chi connectivity index (χ1v) is 15.0. The predicted octanol–water partition coefficient (Wildman–Crippen LogP) is 5.97. The van der Waals surface area contributed by atoms with E-state index in [2.05, 4.69) is 57.3 Å². The van der Waals surface area contributed by atoms with Crippen LogP contribution in [0, 0.1) is 18.5 Å². The molecular formula is C29H21I2N3O4S. The van der Waals surface area contributed by atoms with E-state index in [-0.39, 0.29) is 24.0 Å². The van der Waals surface area contributed by atoms with Gasteiger partial charge in [-0.15, -0.1) is 0 Å². The second-order valence-corrected chi connectivity index (χ2v) is 12.4. The van der Waals surface area contributed by atoms with Crippen LogP contribution in [0.25, 0.3) is 6.08 Å². The Morgan fingerprint density at radius 3 is 2.62 bits per heavy atom. The maximum atomic E-state index is 13.2. The minimum absolute atomic E-state index is 0.177. The number of imide groups is 1. The van der Waals surface area contributed by atoms with Gasteiger partial charge in [-0.25, -0.2) is 0 Å². The van der Waals surface area contributed by atoms with Crippen molar-refractivity contribution in [3.63, 3.8) is 0 Å². The molecule has 0 spiro atoms. The van der Waals surface area contributed by atoms with Gasteiger partial charge in [0.2, 0.25) is 5.91 Å². The van der Waals surface area contributed by atoms with Crippen molar-refractivity contribution in [1.29, 1.82) is 5.26 Å². The molecule has 3 aromatic carbocycles. The summed E-state index contributed by atoms with van der Waals surface area (Å²) in [4.78, 5) is 42.0. The van der Waals surface area contributed by atoms with Gasteiger partial charge in [0.25, 0.3) is 11.1 Å². The lowest BCUT2D eigenvalue weighted by atomic mass is 10.00. The van der Waals surface area contributed by atoms with Gasteiger partial charge in [-0.2, -0.15) is 5.26 Å². The van der Waals surface area contributed by atoms with Crippen molar-refractivity contribution in [2.45, 2.75) is 19.6 Å². The quantitative estimate of drug-likeness (QED) is 0.228. The number of carbonyl (C=O) groups excluding carboxylic acids is 3. The number of carbonyl (C=O) groups is 3. The summed E-state index contributed by atoms with van der Waals surface area (Å²) < 4.78 is 7.91. The van der Waals surface area contributed by atoms with E-state index in [4.69, 9.17) is 4.74 Å². The molecule has 0 aliphatic carbocycles. The molecule has 0 unspecified atom stereocenters. The van der Waals surface area contributed by atoms with Gasteiger partial charge in [0.05, 0.1) is 20.1 Å². The Hall–Kier alpha value is -2.89. The molecule has 7 nitrogen and oxygen atoms in total. The Morgan fingerprint density at radius 2 is 1.82 bits per heavy atom. The normalized spacial score (nSPS) is 15.9. The van der Waals surface area contributed by atoms with Crippen molar-refractivity contribution >= 4 is 80.1 Å². The van der Waals surface area contributed by atoms with Crippen LogP contribution in [-0.2, 0) is 29.2 Å². The van der Waals surface area contributed by atoms with E-state index in [0.29, 0.717) is 30.0 Å². The second-order valence-electron chi connectivity index (χ2n) is 8.97. The van der Waals surface area contributed by atoms with E-state index in [0.717, 1.165) is 41.3 Å². The standard InChI is InChI=1S/C29H21I2N3O4S/c30-23-11-22(27(24(31)13-23)38-17-21-8-4-2-6-19(21)14-32)12-25-28(36)34(29(37)39-25)16-26(35)33-10-9-18-5-1-3-7-20(18)15-33/h1-8,11-13H,9-10,15-17H2/b25-12-. The van der Waals surface area contributed by atoms with Crippen LogP contribution in [0.15, 0.2) is 65.6 Å². The molecule has 0 N–H and O–H groups in total. The zero-order valence-corrected chi connectivity index (χ0v) is 25.7. The monoisotopic (exact) mass is 761 g/mol. The Bertz CT molecular complexity index is 1570. The van der Waals surface area contributed by atoms with Gasteiger partial charge in [-0.3, -0.25) is 19.3 Å². The molecule has 0 aromatic heterocycles. The smallest absolute Gasteiger partial charge is 0.294 e. The highest BCUT2D eigenvalue weighted by molar-refractivity contribution is 14.1. The van der Waals surface area contributed by atoms with Crippen molar-refractivity contribution in [2.75, 3.05) is 13.1 Å². The number of nitrogens with zero attached hydrogens (tertiary/aromatic N) is 3. The molecule has 0 bridgehead atoms. The number of rotatable bonds is 6. The fourth-order valence-electron chi connectivity index (χ4n) is 4.47. The van der Waals surface area contributed by atoms with E-state index in [1.807, 2.05) is 42.5 Å². The molecule has 0 saturated carbocycles. The molecule has 196 valence electrons. The van der Waals surface area contributed by atoms with E-state index >= 15 is 0 Å². The predicted molar refractivity (Wildman–Crippen MR) is 166 cm³/mol. The average Bonchev–Trinajstić information content (AvgIpc) is 3.19. The summed E-state index contributed by atoms with van der Waals surface area (Å²) in [5.74, 6) is -0.193. The number of ether oxygens (including phenoxy) is 1. The first kappa shape index (κ1) is 27.7. The highest BCUT2D eigenvalue weighted by Gasteiger charge is 2.37. The third kappa shape index (κ3) is 6.15. The van der Waals surface area contributed by atoms with E-state index in [1.165, 1.54) is 5.56 Å². The molecule has 39 heavy (non-hydrogen) atoms. The fourth-order valence-corrected chi connectivity index (χ4v) is 7.34. The first-order chi connectivity index (χ1) is 18.8. The number of thioether (sulfide) groups is 1. The molecule has 2 aliphatic rings. The fraction of sp³-hybridized carbons (Fsp3) is 0.172. The Balaban J connectivity index is 1.33. The summed E-state index contributed by atoms with van der Waals surface area (Å²) in [5, 5.41) is 8.93. The lowest BCUT2D eigenvalue weighted by Gasteiger charge is -2.29. The summed E-state index contributed by atoms with van der Waals surface area (Å²) in [7, 11) is 0. The highest BCUT2D eigenvalue weighted by Crippen LogP contribution is 2.37. The third-order valence-corrected chi connectivity index (χ3v) is 8.82. The molecule has 10 heteroatoms. The van der Waals surface area contributed by atoms with Crippen LogP contribution in [-0.4, -0.2) is 39.9 Å². The molecule has 3 amide bonds. The Labute approximate surface area is 257 Å². The largest absolute Gasteiger partial charge is 0.487 e. The molecule has 3 aromatic rings. The molecule has 1 fully saturated rings. The summed E-state index contributed by atoms with van der Waals surface area (Å²) in [5.41, 5.74) is 4.23. The Kier molecular flexibility index (Phi) is 8.58. The summed E-state index contributed by atoms with van der Waals surface area (Å²) in [6.07, 6.45) is 2.39. The summed E-state index contributed by atoms with van der Waals surface area (Å²) in [6.45, 7) is 0.911. The van der Waals surface area contributed by atoms with Gasteiger partial charge in [-0.05, 0) is 98.8 Å². The van der Waals surface area contributed by atoms with Crippen LogP contribution in [0.4, 0.5) is 4.79 Å². The lowest BCUT2D eigenvalue weighted by Crippen LogP contribution is -2.44. The SMILES string of the molecule is N#Cc1ccccc1COc1c(I)cc(I)cc1/C=C1\SC(=O)N(CC(=O)N2CCc3ccccc3C2)C1=O. The van der Waals surface area contributed by atoms with Crippen LogP contribution in [0.1, 0.15) is 27.8 Å².